The molecule has 2 heterocycles. The van der Waals surface area contributed by atoms with Crippen molar-refractivity contribution in [3.63, 3.8) is 0 Å². The van der Waals surface area contributed by atoms with E-state index in [1.54, 1.807) is 12.1 Å². The average molecular weight is 299 g/mol. The SMILES string of the molecule is C[C@@]12COC[C@@H]1[C@@H](c1ccccc1)ON2c1ccc(F)cc1. The monoisotopic (exact) mass is 299 g/mol. The first-order valence-electron chi connectivity index (χ1n) is 7.54. The molecule has 0 amide bonds. The molecule has 0 N–H and O–H groups in total. The van der Waals surface area contributed by atoms with E-state index in [0.29, 0.717) is 13.2 Å². The lowest BCUT2D eigenvalue weighted by molar-refractivity contribution is 0.0293. The molecule has 0 radical (unpaired) electrons. The van der Waals surface area contributed by atoms with Gasteiger partial charge in [0.05, 0.1) is 24.4 Å². The summed E-state index contributed by atoms with van der Waals surface area (Å²) >= 11 is 0. The lowest BCUT2D eigenvalue weighted by Crippen LogP contribution is -2.45. The first-order chi connectivity index (χ1) is 10.7. The van der Waals surface area contributed by atoms with Crippen LogP contribution in [-0.4, -0.2) is 18.8 Å². The van der Waals surface area contributed by atoms with Crippen molar-refractivity contribution in [2.45, 2.75) is 18.6 Å². The van der Waals surface area contributed by atoms with Crippen molar-refractivity contribution < 1.29 is 14.0 Å². The molecule has 2 aromatic rings. The van der Waals surface area contributed by atoms with Crippen molar-refractivity contribution in [3.05, 3.63) is 66.0 Å². The molecule has 0 aliphatic carbocycles. The average Bonchev–Trinajstić information content (AvgIpc) is 3.04. The minimum Gasteiger partial charge on any atom is -0.378 e. The van der Waals surface area contributed by atoms with Crippen LogP contribution in [0.1, 0.15) is 18.6 Å². The van der Waals surface area contributed by atoms with Gasteiger partial charge in [0.25, 0.3) is 0 Å². The zero-order chi connectivity index (χ0) is 15.2. The van der Waals surface area contributed by atoms with Crippen LogP contribution >= 0.6 is 0 Å². The second kappa shape index (κ2) is 5.07. The molecule has 3 atom stereocenters. The fourth-order valence-corrected chi connectivity index (χ4v) is 3.48. The highest BCUT2D eigenvalue weighted by Crippen LogP contribution is 2.50. The topological polar surface area (TPSA) is 21.7 Å². The molecule has 0 spiro atoms. The Bertz CT molecular complexity index is 661. The Morgan fingerprint density at radius 1 is 1.09 bits per heavy atom. The van der Waals surface area contributed by atoms with E-state index in [4.69, 9.17) is 9.57 Å². The van der Waals surface area contributed by atoms with Gasteiger partial charge < -0.3 is 4.74 Å². The van der Waals surface area contributed by atoms with Crippen molar-refractivity contribution in [1.29, 1.82) is 0 Å². The second-order valence-corrected chi connectivity index (χ2v) is 6.19. The Kier molecular flexibility index (Phi) is 3.17. The molecule has 114 valence electrons. The highest BCUT2D eigenvalue weighted by Gasteiger charge is 2.56. The van der Waals surface area contributed by atoms with Gasteiger partial charge in [-0.3, -0.25) is 4.84 Å². The third kappa shape index (κ3) is 2.02. The van der Waals surface area contributed by atoms with Crippen LogP contribution in [-0.2, 0) is 9.57 Å². The zero-order valence-corrected chi connectivity index (χ0v) is 12.4. The standard InChI is InChI=1S/C18H18FNO2/c1-18-12-21-11-16(18)17(13-5-3-2-4-6-13)22-20(18)15-9-7-14(19)8-10-15/h2-10,16-17H,11-12H2,1H3/t16-,17-,18-/m1/s1. The first kappa shape index (κ1) is 13.7. The van der Waals surface area contributed by atoms with E-state index < -0.39 is 0 Å². The van der Waals surface area contributed by atoms with Crippen LogP contribution in [0.25, 0.3) is 0 Å². The van der Waals surface area contributed by atoms with Crippen LogP contribution in [0.15, 0.2) is 54.6 Å². The molecule has 0 saturated carbocycles. The number of rotatable bonds is 2. The van der Waals surface area contributed by atoms with Gasteiger partial charge in [-0.15, -0.1) is 0 Å². The summed E-state index contributed by atoms with van der Waals surface area (Å²) in [5.74, 6) is 0.00637. The highest BCUT2D eigenvalue weighted by molar-refractivity contribution is 5.49. The largest absolute Gasteiger partial charge is 0.378 e. The van der Waals surface area contributed by atoms with Gasteiger partial charge in [-0.25, -0.2) is 9.45 Å². The molecular weight excluding hydrogens is 281 g/mol. The fraction of sp³-hybridized carbons (Fsp3) is 0.333. The Balaban J connectivity index is 1.72. The van der Waals surface area contributed by atoms with Crippen molar-refractivity contribution in [1.82, 2.24) is 0 Å². The van der Waals surface area contributed by atoms with Gasteiger partial charge in [-0.1, -0.05) is 30.3 Å². The van der Waals surface area contributed by atoms with Gasteiger partial charge in [0.2, 0.25) is 0 Å². The minimum absolute atomic E-state index is 0.0428. The van der Waals surface area contributed by atoms with Crippen LogP contribution in [0.3, 0.4) is 0 Å². The lowest BCUT2D eigenvalue weighted by Gasteiger charge is -2.32. The fourth-order valence-electron chi connectivity index (χ4n) is 3.48. The molecule has 2 aromatic carbocycles. The Morgan fingerprint density at radius 2 is 1.82 bits per heavy atom. The molecule has 0 bridgehead atoms. The summed E-state index contributed by atoms with van der Waals surface area (Å²) < 4.78 is 18.9. The molecule has 0 unspecified atom stereocenters. The van der Waals surface area contributed by atoms with Gasteiger partial charge in [-0.05, 0) is 36.8 Å². The number of nitrogens with zero attached hydrogens (tertiary/aromatic N) is 1. The predicted molar refractivity (Wildman–Crippen MR) is 81.9 cm³/mol. The zero-order valence-electron chi connectivity index (χ0n) is 12.4. The number of anilines is 1. The van der Waals surface area contributed by atoms with E-state index in [2.05, 4.69) is 19.1 Å². The van der Waals surface area contributed by atoms with E-state index in [1.807, 2.05) is 23.3 Å². The first-order valence-corrected chi connectivity index (χ1v) is 7.54. The van der Waals surface area contributed by atoms with Crippen molar-refractivity contribution in [2.75, 3.05) is 18.3 Å². The quantitative estimate of drug-likeness (QED) is 0.843. The molecule has 2 aliphatic rings. The van der Waals surface area contributed by atoms with Crippen LogP contribution in [0, 0.1) is 11.7 Å². The number of hydrogen-bond acceptors (Lipinski definition) is 3. The number of benzene rings is 2. The van der Waals surface area contributed by atoms with Gasteiger partial charge in [0.1, 0.15) is 11.9 Å². The van der Waals surface area contributed by atoms with E-state index in [-0.39, 0.29) is 23.4 Å². The van der Waals surface area contributed by atoms with Gasteiger partial charge in [0, 0.05) is 5.92 Å². The maximum absolute atomic E-state index is 13.2. The molecule has 2 saturated heterocycles. The molecule has 22 heavy (non-hydrogen) atoms. The van der Waals surface area contributed by atoms with Crippen LogP contribution in [0.5, 0.6) is 0 Å². The summed E-state index contributed by atoms with van der Waals surface area (Å²) in [6.45, 7) is 3.43. The van der Waals surface area contributed by atoms with Crippen molar-refractivity contribution in [2.24, 2.45) is 5.92 Å². The normalized spacial score (nSPS) is 30.5. The van der Waals surface area contributed by atoms with Crippen molar-refractivity contribution >= 4 is 5.69 Å². The van der Waals surface area contributed by atoms with Crippen molar-refractivity contribution in [3.8, 4) is 0 Å². The van der Waals surface area contributed by atoms with Gasteiger partial charge in [-0.2, -0.15) is 0 Å². The number of ether oxygens (including phenoxy) is 1. The summed E-state index contributed by atoms with van der Waals surface area (Å²) in [4.78, 5) is 6.27. The number of hydrogen-bond donors (Lipinski definition) is 0. The number of halogens is 1. The molecule has 0 aromatic heterocycles. The smallest absolute Gasteiger partial charge is 0.123 e. The maximum atomic E-state index is 13.2. The number of fused-ring (bicyclic) bond motifs is 1. The lowest BCUT2D eigenvalue weighted by atomic mass is 9.83. The third-order valence-electron chi connectivity index (χ3n) is 4.73. The summed E-state index contributed by atoms with van der Waals surface area (Å²) in [6.07, 6.45) is -0.0428. The molecule has 2 aliphatic heterocycles. The summed E-state index contributed by atoms with van der Waals surface area (Å²) in [6, 6.07) is 16.6. The summed E-state index contributed by atoms with van der Waals surface area (Å²) in [5, 5.41) is 1.90. The van der Waals surface area contributed by atoms with Gasteiger partial charge in [0.15, 0.2) is 0 Å². The van der Waals surface area contributed by atoms with Crippen LogP contribution in [0.4, 0.5) is 10.1 Å². The second-order valence-electron chi connectivity index (χ2n) is 6.19. The maximum Gasteiger partial charge on any atom is 0.123 e. The Morgan fingerprint density at radius 3 is 2.55 bits per heavy atom. The predicted octanol–water partition coefficient (Wildman–Crippen LogP) is 3.72. The van der Waals surface area contributed by atoms with E-state index >= 15 is 0 Å². The Labute approximate surface area is 129 Å². The molecule has 2 fully saturated rings. The minimum atomic E-state index is -0.244. The molecule has 4 rings (SSSR count). The molecule has 4 heteroatoms. The Hall–Kier alpha value is -1.91. The van der Waals surface area contributed by atoms with E-state index in [9.17, 15) is 4.39 Å². The summed E-state index contributed by atoms with van der Waals surface area (Å²) in [5.41, 5.74) is 1.77. The van der Waals surface area contributed by atoms with E-state index in [1.165, 1.54) is 12.1 Å². The molecular formula is C18H18FNO2. The van der Waals surface area contributed by atoms with Crippen LogP contribution < -0.4 is 5.06 Å². The number of hydroxylamine groups is 1. The molecule has 3 nitrogen and oxygen atoms in total. The highest BCUT2D eigenvalue weighted by atomic mass is 19.1. The third-order valence-corrected chi connectivity index (χ3v) is 4.73. The summed E-state index contributed by atoms with van der Waals surface area (Å²) in [7, 11) is 0. The van der Waals surface area contributed by atoms with Gasteiger partial charge >= 0.3 is 0 Å². The van der Waals surface area contributed by atoms with E-state index in [0.717, 1.165) is 11.3 Å². The van der Waals surface area contributed by atoms with Crippen LogP contribution in [0.2, 0.25) is 0 Å².